The van der Waals surface area contributed by atoms with Crippen molar-refractivity contribution in [3.05, 3.63) is 0 Å². The molecule has 2 aliphatic rings. The molecule has 2 atom stereocenters. The van der Waals surface area contributed by atoms with E-state index in [2.05, 4.69) is 18.7 Å². The Balaban J connectivity index is 1.91. The molecule has 1 saturated carbocycles. The zero-order chi connectivity index (χ0) is 9.26. The minimum absolute atomic E-state index is 0.848. The van der Waals surface area contributed by atoms with Gasteiger partial charge in [0.25, 0.3) is 0 Å². The zero-order valence-electron chi connectivity index (χ0n) is 9.13. The third-order valence-corrected chi connectivity index (χ3v) is 3.72. The minimum atomic E-state index is 0.848. The first kappa shape index (κ1) is 9.51. The van der Waals surface area contributed by atoms with Crippen LogP contribution in [0.5, 0.6) is 0 Å². The summed E-state index contributed by atoms with van der Waals surface area (Å²) in [5.74, 6) is 1.91. The Hall–Kier alpha value is -0.0400. The molecule has 2 rings (SSSR count). The number of likely N-dealkylation sites (tertiary alicyclic amines) is 1. The maximum absolute atomic E-state index is 2.76. The Morgan fingerprint density at radius 3 is 2.69 bits per heavy atom. The second-order valence-corrected chi connectivity index (χ2v) is 5.29. The van der Waals surface area contributed by atoms with Crippen LogP contribution in [0.2, 0.25) is 0 Å². The number of fused-ring (bicyclic) bond motifs is 1. The van der Waals surface area contributed by atoms with Crippen LogP contribution < -0.4 is 0 Å². The highest BCUT2D eigenvalue weighted by Crippen LogP contribution is 2.36. The lowest BCUT2D eigenvalue weighted by Gasteiger charge is -2.32. The number of nitrogens with zero attached hydrogens (tertiary/aromatic N) is 1. The van der Waals surface area contributed by atoms with Crippen LogP contribution in [-0.4, -0.2) is 24.0 Å². The van der Waals surface area contributed by atoms with Crippen molar-refractivity contribution >= 4 is 0 Å². The van der Waals surface area contributed by atoms with Gasteiger partial charge in [0.05, 0.1) is 0 Å². The summed E-state index contributed by atoms with van der Waals surface area (Å²) in [4.78, 5) is 2.76. The van der Waals surface area contributed by atoms with E-state index < -0.39 is 0 Å². The fraction of sp³-hybridized carbons (Fsp3) is 1.00. The molecule has 1 saturated heterocycles. The van der Waals surface area contributed by atoms with Crippen molar-refractivity contribution in [2.24, 2.45) is 11.8 Å². The van der Waals surface area contributed by atoms with Gasteiger partial charge in [0.1, 0.15) is 0 Å². The first-order valence-electron chi connectivity index (χ1n) is 6.01. The van der Waals surface area contributed by atoms with Crippen molar-refractivity contribution < 1.29 is 0 Å². The fourth-order valence-corrected chi connectivity index (χ4v) is 3.20. The molecule has 0 amide bonds. The van der Waals surface area contributed by atoms with Gasteiger partial charge in [-0.3, -0.25) is 4.90 Å². The standard InChI is InChI=1S/C12H23N/c1-10(2)9-13-8-7-11-5-3-4-6-12(11)13/h10-12H,3-9H2,1-2H3. The van der Waals surface area contributed by atoms with Crippen LogP contribution >= 0.6 is 0 Å². The van der Waals surface area contributed by atoms with Gasteiger partial charge in [0, 0.05) is 12.6 Å². The molecule has 0 radical (unpaired) electrons. The molecule has 1 heteroatoms. The molecule has 2 fully saturated rings. The molecule has 0 aromatic carbocycles. The van der Waals surface area contributed by atoms with Crippen molar-refractivity contribution in [3.63, 3.8) is 0 Å². The fourth-order valence-electron chi connectivity index (χ4n) is 3.20. The number of hydrogen-bond donors (Lipinski definition) is 0. The van der Waals surface area contributed by atoms with Crippen LogP contribution in [0.15, 0.2) is 0 Å². The van der Waals surface area contributed by atoms with E-state index in [0.717, 1.165) is 17.9 Å². The summed E-state index contributed by atoms with van der Waals surface area (Å²) < 4.78 is 0. The van der Waals surface area contributed by atoms with Crippen molar-refractivity contribution in [3.8, 4) is 0 Å². The van der Waals surface area contributed by atoms with Gasteiger partial charge in [-0.15, -0.1) is 0 Å². The monoisotopic (exact) mass is 181 g/mol. The molecule has 76 valence electrons. The first-order valence-corrected chi connectivity index (χ1v) is 6.01. The Bertz CT molecular complexity index is 165. The van der Waals surface area contributed by atoms with Gasteiger partial charge in [0.2, 0.25) is 0 Å². The summed E-state index contributed by atoms with van der Waals surface area (Å²) in [6.45, 7) is 7.40. The molecule has 1 nitrogen and oxygen atoms in total. The predicted molar refractivity (Wildman–Crippen MR) is 56.8 cm³/mol. The minimum Gasteiger partial charge on any atom is -0.300 e. The largest absolute Gasteiger partial charge is 0.300 e. The molecule has 1 aliphatic carbocycles. The third kappa shape index (κ3) is 2.07. The van der Waals surface area contributed by atoms with Gasteiger partial charge in [-0.05, 0) is 37.6 Å². The third-order valence-electron chi connectivity index (χ3n) is 3.72. The van der Waals surface area contributed by atoms with Gasteiger partial charge in [-0.25, -0.2) is 0 Å². The van der Waals surface area contributed by atoms with Gasteiger partial charge in [-0.2, -0.15) is 0 Å². The normalized spacial score (nSPS) is 35.3. The van der Waals surface area contributed by atoms with Crippen LogP contribution in [0.3, 0.4) is 0 Å². The molecule has 1 aliphatic heterocycles. The molecular formula is C12H23N. The molecule has 0 aromatic heterocycles. The van der Waals surface area contributed by atoms with Crippen LogP contribution in [0.25, 0.3) is 0 Å². The summed E-state index contributed by atoms with van der Waals surface area (Å²) in [6.07, 6.45) is 7.46. The van der Waals surface area contributed by atoms with Crippen LogP contribution in [0.4, 0.5) is 0 Å². The van der Waals surface area contributed by atoms with E-state index in [4.69, 9.17) is 0 Å². The summed E-state index contributed by atoms with van der Waals surface area (Å²) in [5, 5.41) is 0. The lowest BCUT2D eigenvalue weighted by Crippen LogP contribution is -2.36. The van der Waals surface area contributed by atoms with Gasteiger partial charge in [-0.1, -0.05) is 26.7 Å². The second-order valence-electron chi connectivity index (χ2n) is 5.29. The average molecular weight is 181 g/mol. The van der Waals surface area contributed by atoms with E-state index >= 15 is 0 Å². The topological polar surface area (TPSA) is 3.24 Å². The molecule has 1 heterocycles. The molecule has 0 spiro atoms. The van der Waals surface area contributed by atoms with Crippen molar-refractivity contribution in [1.82, 2.24) is 4.90 Å². The van der Waals surface area contributed by atoms with Gasteiger partial charge < -0.3 is 0 Å². The molecule has 0 N–H and O–H groups in total. The lowest BCUT2D eigenvalue weighted by molar-refractivity contribution is 0.167. The Morgan fingerprint density at radius 1 is 1.15 bits per heavy atom. The Labute approximate surface area is 82.5 Å². The molecule has 13 heavy (non-hydrogen) atoms. The SMILES string of the molecule is CC(C)CN1CCC2CCCCC21. The van der Waals surface area contributed by atoms with E-state index in [0.29, 0.717) is 0 Å². The summed E-state index contributed by atoms with van der Waals surface area (Å²) in [6, 6.07) is 0.969. The van der Waals surface area contributed by atoms with Crippen LogP contribution in [-0.2, 0) is 0 Å². The second kappa shape index (κ2) is 4.00. The summed E-state index contributed by atoms with van der Waals surface area (Å²) >= 11 is 0. The maximum Gasteiger partial charge on any atom is 0.0124 e. The number of rotatable bonds is 2. The highest BCUT2D eigenvalue weighted by molar-refractivity contribution is 4.89. The molecular weight excluding hydrogens is 158 g/mol. The van der Waals surface area contributed by atoms with Crippen LogP contribution in [0, 0.1) is 11.8 Å². The molecule has 0 bridgehead atoms. The van der Waals surface area contributed by atoms with E-state index in [1.54, 1.807) is 0 Å². The van der Waals surface area contributed by atoms with Gasteiger partial charge in [0.15, 0.2) is 0 Å². The Morgan fingerprint density at radius 2 is 1.92 bits per heavy atom. The van der Waals surface area contributed by atoms with Crippen molar-refractivity contribution in [1.29, 1.82) is 0 Å². The molecule has 2 unspecified atom stereocenters. The van der Waals surface area contributed by atoms with E-state index in [1.807, 2.05) is 0 Å². The van der Waals surface area contributed by atoms with Crippen molar-refractivity contribution in [2.45, 2.75) is 52.0 Å². The quantitative estimate of drug-likeness (QED) is 0.633. The molecule has 0 aromatic rings. The highest BCUT2D eigenvalue weighted by atomic mass is 15.2. The van der Waals surface area contributed by atoms with E-state index in [-0.39, 0.29) is 0 Å². The summed E-state index contributed by atoms with van der Waals surface area (Å²) in [5.41, 5.74) is 0. The highest BCUT2D eigenvalue weighted by Gasteiger charge is 2.35. The Kier molecular flexibility index (Phi) is 2.92. The number of hydrogen-bond acceptors (Lipinski definition) is 1. The van der Waals surface area contributed by atoms with E-state index in [9.17, 15) is 0 Å². The smallest absolute Gasteiger partial charge is 0.0124 e. The predicted octanol–water partition coefficient (Wildman–Crippen LogP) is 2.91. The average Bonchev–Trinajstić information content (AvgIpc) is 2.48. The summed E-state index contributed by atoms with van der Waals surface area (Å²) in [7, 11) is 0. The zero-order valence-corrected chi connectivity index (χ0v) is 9.13. The van der Waals surface area contributed by atoms with Gasteiger partial charge >= 0.3 is 0 Å². The van der Waals surface area contributed by atoms with Crippen LogP contribution in [0.1, 0.15) is 46.0 Å². The maximum atomic E-state index is 2.76. The first-order chi connectivity index (χ1) is 6.27. The lowest BCUT2D eigenvalue weighted by atomic mass is 9.85. The van der Waals surface area contributed by atoms with E-state index in [1.165, 1.54) is 45.2 Å². The van der Waals surface area contributed by atoms with Crippen molar-refractivity contribution in [2.75, 3.05) is 13.1 Å².